The van der Waals surface area contributed by atoms with E-state index in [1.54, 1.807) is 0 Å². The Morgan fingerprint density at radius 1 is 1.41 bits per heavy atom. The van der Waals surface area contributed by atoms with Gasteiger partial charge in [-0.1, -0.05) is 0 Å². The summed E-state index contributed by atoms with van der Waals surface area (Å²) in [6, 6.07) is 1.89. The fourth-order valence-electron chi connectivity index (χ4n) is 2.42. The van der Waals surface area contributed by atoms with E-state index in [9.17, 15) is 9.59 Å². The van der Waals surface area contributed by atoms with Crippen molar-refractivity contribution in [3.63, 3.8) is 0 Å². The monoisotopic (exact) mass is 321 g/mol. The van der Waals surface area contributed by atoms with E-state index in [-0.39, 0.29) is 11.6 Å². The zero-order valence-electron chi connectivity index (χ0n) is 12.8. The standard InChI is InChI=1S/C15H19N3O3S/c1-4-18-9(2)7-11(10(18)3)14(19)16-6-5-13-17-12(8-22-13)15(20)21/h7-8H,4-6H2,1-3H3,(H,16,19)(H,20,21). The number of thiazole rings is 1. The maximum Gasteiger partial charge on any atom is 0.355 e. The molecule has 0 bridgehead atoms. The number of carbonyl (C=O) groups is 2. The highest BCUT2D eigenvalue weighted by Crippen LogP contribution is 2.15. The Hall–Kier alpha value is -2.15. The average molecular weight is 321 g/mol. The first-order chi connectivity index (χ1) is 10.4. The molecule has 2 aromatic rings. The first-order valence-corrected chi connectivity index (χ1v) is 7.94. The van der Waals surface area contributed by atoms with Crippen molar-refractivity contribution in [2.45, 2.75) is 33.7 Å². The van der Waals surface area contributed by atoms with Gasteiger partial charge in [0.2, 0.25) is 0 Å². The van der Waals surface area contributed by atoms with Gasteiger partial charge in [0, 0.05) is 36.3 Å². The van der Waals surface area contributed by atoms with Gasteiger partial charge in [-0.15, -0.1) is 11.3 Å². The van der Waals surface area contributed by atoms with Gasteiger partial charge in [-0.3, -0.25) is 4.79 Å². The van der Waals surface area contributed by atoms with E-state index >= 15 is 0 Å². The van der Waals surface area contributed by atoms with Crippen LogP contribution in [0, 0.1) is 13.8 Å². The second kappa shape index (κ2) is 6.74. The fraction of sp³-hybridized carbons (Fsp3) is 0.400. The molecule has 118 valence electrons. The number of hydrogen-bond acceptors (Lipinski definition) is 4. The molecule has 0 aliphatic heterocycles. The zero-order valence-corrected chi connectivity index (χ0v) is 13.7. The smallest absolute Gasteiger partial charge is 0.355 e. The number of rotatable bonds is 6. The minimum atomic E-state index is -1.03. The van der Waals surface area contributed by atoms with Crippen molar-refractivity contribution in [3.8, 4) is 0 Å². The largest absolute Gasteiger partial charge is 0.476 e. The number of nitrogens with zero attached hydrogens (tertiary/aromatic N) is 2. The van der Waals surface area contributed by atoms with E-state index in [1.165, 1.54) is 16.7 Å². The van der Waals surface area contributed by atoms with Gasteiger partial charge in [0.1, 0.15) is 0 Å². The Morgan fingerprint density at radius 3 is 2.68 bits per heavy atom. The van der Waals surface area contributed by atoms with Crippen LogP contribution in [-0.4, -0.2) is 33.1 Å². The molecule has 0 radical (unpaired) electrons. The van der Waals surface area contributed by atoms with E-state index in [0.717, 1.165) is 17.9 Å². The topological polar surface area (TPSA) is 84.2 Å². The first kappa shape index (κ1) is 16.2. The van der Waals surface area contributed by atoms with Crippen molar-refractivity contribution in [2.75, 3.05) is 6.54 Å². The Kier molecular flexibility index (Phi) is 4.97. The molecular weight excluding hydrogens is 302 g/mol. The lowest BCUT2D eigenvalue weighted by molar-refractivity contribution is 0.0690. The number of carbonyl (C=O) groups excluding carboxylic acids is 1. The molecule has 0 fully saturated rings. The van der Waals surface area contributed by atoms with Crippen LogP contribution in [0.2, 0.25) is 0 Å². The molecule has 2 aromatic heterocycles. The molecule has 0 saturated carbocycles. The fourth-order valence-corrected chi connectivity index (χ4v) is 3.19. The second-order valence-electron chi connectivity index (χ2n) is 4.97. The molecule has 7 heteroatoms. The quantitative estimate of drug-likeness (QED) is 0.854. The van der Waals surface area contributed by atoms with Gasteiger partial charge in [0.25, 0.3) is 5.91 Å². The molecule has 2 N–H and O–H groups in total. The second-order valence-corrected chi connectivity index (χ2v) is 5.91. The number of aromatic nitrogens is 2. The number of carboxylic acid groups (broad SMARTS) is 1. The highest BCUT2D eigenvalue weighted by Gasteiger charge is 2.15. The highest BCUT2D eigenvalue weighted by atomic mass is 32.1. The molecule has 2 heterocycles. The third-order valence-corrected chi connectivity index (χ3v) is 4.44. The van der Waals surface area contributed by atoms with E-state index in [4.69, 9.17) is 5.11 Å². The first-order valence-electron chi connectivity index (χ1n) is 7.06. The molecule has 6 nitrogen and oxygen atoms in total. The summed E-state index contributed by atoms with van der Waals surface area (Å²) >= 11 is 1.29. The van der Waals surface area contributed by atoms with Gasteiger partial charge >= 0.3 is 5.97 Å². The lowest BCUT2D eigenvalue weighted by Gasteiger charge is -2.06. The average Bonchev–Trinajstić information content (AvgIpc) is 3.04. The van der Waals surface area contributed by atoms with Gasteiger partial charge < -0.3 is 15.0 Å². The van der Waals surface area contributed by atoms with E-state index in [2.05, 4.69) is 14.9 Å². The van der Waals surface area contributed by atoms with Gasteiger partial charge in [-0.25, -0.2) is 9.78 Å². The van der Waals surface area contributed by atoms with Crippen LogP contribution in [0.3, 0.4) is 0 Å². The molecular formula is C15H19N3O3S. The van der Waals surface area contributed by atoms with Crippen LogP contribution in [0.4, 0.5) is 0 Å². The van der Waals surface area contributed by atoms with E-state index < -0.39 is 5.97 Å². The molecule has 0 atom stereocenters. The summed E-state index contributed by atoms with van der Waals surface area (Å²) in [6.07, 6.45) is 0.524. The zero-order chi connectivity index (χ0) is 16.3. The van der Waals surface area contributed by atoms with Crippen molar-refractivity contribution < 1.29 is 14.7 Å². The van der Waals surface area contributed by atoms with Crippen LogP contribution in [-0.2, 0) is 13.0 Å². The molecule has 0 spiro atoms. The van der Waals surface area contributed by atoms with Gasteiger partial charge in [-0.05, 0) is 26.8 Å². The summed E-state index contributed by atoms with van der Waals surface area (Å²) in [4.78, 5) is 27.0. The van der Waals surface area contributed by atoms with Crippen LogP contribution in [0.25, 0.3) is 0 Å². The Labute approximate surface area is 132 Å². The van der Waals surface area contributed by atoms with Crippen LogP contribution >= 0.6 is 11.3 Å². The van der Waals surface area contributed by atoms with Crippen molar-refractivity contribution in [2.24, 2.45) is 0 Å². The number of aryl methyl sites for hydroxylation is 1. The van der Waals surface area contributed by atoms with Crippen molar-refractivity contribution in [1.29, 1.82) is 0 Å². The lowest BCUT2D eigenvalue weighted by atomic mass is 10.2. The van der Waals surface area contributed by atoms with Gasteiger partial charge in [0.15, 0.2) is 5.69 Å². The predicted octanol–water partition coefficient (Wildman–Crippen LogP) is 2.25. The molecule has 1 amide bonds. The summed E-state index contributed by atoms with van der Waals surface area (Å²) in [5, 5.41) is 13.9. The number of carboxylic acids is 1. The van der Waals surface area contributed by atoms with Crippen LogP contribution in [0.5, 0.6) is 0 Å². The SMILES string of the molecule is CCn1c(C)cc(C(=O)NCCc2nc(C(=O)O)cs2)c1C. The van der Waals surface area contributed by atoms with Crippen LogP contribution in [0.15, 0.2) is 11.4 Å². The minimum absolute atomic E-state index is 0.0535. The van der Waals surface area contributed by atoms with Crippen molar-refractivity contribution >= 4 is 23.2 Å². The van der Waals surface area contributed by atoms with Crippen molar-refractivity contribution in [1.82, 2.24) is 14.9 Å². The molecule has 0 unspecified atom stereocenters. The van der Waals surface area contributed by atoms with Gasteiger partial charge in [-0.2, -0.15) is 0 Å². The van der Waals surface area contributed by atoms with E-state index in [1.807, 2.05) is 26.8 Å². The summed E-state index contributed by atoms with van der Waals surface area (Å²) in [6.45, 7) is 7.23. The predicted molar refractivity (Wildman–Crippen MR) is 84.7 cm³/mol. The lowest BCUT2D eigenvalue weighted by Crippen LogP contribution is -2.26. The summed E-state index contributed by atoms with van der Waals surface area (Å²) in [5.74, 6) is -1.14. The molecule has 2 rings (SSSR count). The molecule has 22 heavy (non-hydrogen) atoms. The number of hydrogen-bond donors (Lipinski definition) is 2. The number of nitrogens with one attached hydrogen (secondary N) is 1. The minimum Gasteiger partial charge on any atom is -0.476 e. The third-order valence-electron chi connectivity index (χ3n) is 3.53. The van der Waals surface area contributed by atoms with E-state index in [0.29, 0.717) is 23.5 Å². The molecule has 0 aliphatic rings. The number of amides is 1. The van der Waals surface area contributed by atoms with Gasteiger partial charge in [0.05, 0.1) is 10.6 Å². The summed E-state index contributed by atoms with van der Waals surface area (Å²) in [7, 11) is 0. The van der Waals surface area contributed by atoms with Crippen LogP contribution in [0.1, 0.15) is 44.2 Å². The normalized spacial score (nSPS) is 10.7. The Morgan fingerprint density at radius 2 is 2.14 bits per heavy atom. The molecule has 0 aromatic carbocycles. The summed E-state index contributed by atoms with van der Waals surface area (Å²) in [5.41, 5.74) is 2.76. The Balaban J connectivity index is 1.94. The Bertz CT molecular complexity index is 703. The maximum absolute atomic E-state index is 12.2. The molecule has 0 saturated heterocycles. The molecule has 0 aliphatic carbocycles. The third kappa shape index (κ3) is 3.36. The van der Waals surface area contributed by atoms with Crippen molar-refractivity contribution in [3.05, 3.63) is 39.1 Å². The number of aromatic carboxylic acids is 1. The highest BCUT2D eigenvalue weighted by molar-refractivity contribution is 7.09. The van der Waals surface area contributed by atoms with Crippen LogP contribution < -0.4 is 5.32 Å². The maximum atomic E-state index is 12.2. The summed E-state index contributed by atoms with van der Waals surface area (Å²) < 4.78 is 2.09.